The Bertz CT molecular complexity index is 494. The molecule has 0 radical (unpaired) electrons. The zero-order chi connectivity index (χ0) is 12.5. The van der Waals surface area contributed by atoms with Crippen molar-refractivity contribution in [1.29, 1.82) is 0 Å². The highest BCUT2D eigenvalue weighted by Crippen LogP contribution is 2.48. The van der Waals surface area contributed by atoms with Crippen molar-refractivity contribution in [2.75, 3.05) is 6.54 Å². The van der Waals surface area contributed by atoms with Gasteiger partial charge < -0.3 is 0 Å². The van der Waals surface area contributed by atoms with Crippen molar-refractivity contribution in [3.8, 4) is 0 Å². The molecule has 2 rings (SSSR count). The number of rotatable bonds is 6. The smallest absolute Gasteiger partial charge is 0.217 e. The van der Waals surface area contributed by atoms with Crippen molar-refractivity contribution in [1.82, 2.24) is 9.71 Å². The first kappa shape index (κ1) is 13.5. The second-order valence-electron chi connectivity index (χ2n) is 4.51. The molecule has 1 aromatic rings. The third-order valence-corrected chi connectivity index (χ3v) is 6.20. The fourth-order valence-corrected chi connectivity index (χ4v) is 4.19. The maximum atomic E-state index is 11.9. The molecule has 4 nitrogen and oxygen atoms in total. The molecular weight excluding hydrogens is 324 g/mol. The summed E-state index contributed by atoms with van der Waals surface area (Å²) in [7, 11) is -3.27. The van der Waals surface area contributed by atoms with Gasteiger partial charge in [0, 0.05) is 6.54 Å². The summed E-state index contributed by atoms with van der Waals surface area (Å²) in [6.07, 6.45) is 3.30. The Hall–Kier alpha value is 0.0200. The summed E-state index contributed by atoms with van der Waals surface area (Å²) in [5.41, 5.74) is 2.46. The fraction of sp³-hybridized carbons (Fsp3) is 0.700. The van der Waals surface area contributed by atoms with E-state index in [-0.39, 0.29) is 11.2 Å². The van der Waals surface area contributed by atoms with Gasteiger partial charge in [-0.3, -0.25) is 0 Å². The molecule has 1 aliphatic rings. The van der Waals surface area contributed by atoms with Gasteiger partial charge in [0.25, 0.3) is 0 Å². The molecule has 1 aliphatic carbocycles. The van der Waals surface area contributed by atoms with Gasteiger partial charge in [-0.1, -0.05) is 6.92 Å². The lowest BCUT2D eigenvalue weighted by Gasteiger charge is -2.13. The van der Waals surface area contributed by atoms with Crippen molar-refractivity contribution in [3.05, 3.63) is 15.0 Å². The van der Waals surface area contributed by atoms with Gasteiger partial charge >= 0.3 is 0 Å². The molecule has 17 heavy (non-hydrogen) atoms. The van der Waals surface area contributed by atoms with Crippen LogP contribution in [0.4, 0.5) is 0 Å². The van der Waals surface area contributed by atoms with Crippen LogP contribution in [-0.4, -0.2) is 19.9 Å². The second kappa shape index (κ2) is 4.95. The van der Waals surface area contributed by atoms with Crippen LogP contribution in [0.2, 0.25) is 0 Å². The average molecular weight is 339 g/mol. The van der Waals surface area contributed by atoms with Crippen LogP contribution in [0.5, 0.6) is 0 Å². The van der Waals surface area contributed by atoms with E-state index < -0.39 is 10.0 Å². The maximum absolute atomic E-state index is 11.9. The molecule has 0 amide bonds. The minimum absolute atomic E-state index is 0.0448. The van der Waals surface area contributed by atoms with Crippen molar-refractivity contribution < 1.29 is 8.42 Å². The largest absolute Gasteiger partial charge is 0.247 e. The van der Waals surface area contributed by atoms with E-state index in [1.54, 1.807) is 5.51 Å². The van der Waals surface area contributed by atoms with Crippen LogP contribution in [0.15, 0.2) is 9.30 Å². The summed E-state index contributed by atoms with van der Waals surface area (Å²) < 4.78 is 27.2. The van der Waals surface area contributed by atoms with Gasteiger partial charge in [-0.25, -0.2) is 18.1 Å². The van der Waals surface area contributed by atoms with Gasteiger partial charge in [-0.15, -0.1) is 11.3 Å². The lowest BCUT2D eigenvalue weighted by atomic mass is 10.1. The molecule has 0 unspecified atom stereocenters. The topological polar surface area (TPSA) is 59.1 Å². The van der Waals surface area contributed by atoms with Crippen molar-refractivity contribution in [2.45, 2.75) is 31.9 Å². The van der Waals surface area contributed by atoms with E-state index in [4.69, 9.17) is 0 Å². The average Bonchev–Trinajstić information content (AvgIpc) is 2.97. The summed E-state index contributed by atoms with van der Waals surface area (Å²) in [5, 5.41) is 0. The minimum Gasteiger partial charge on any atom is -0.247 e. The molecule has 1 heterocycles. The molecule has 1 saturated carbocycles. The number of nitrogens with zero attached hydrogens (tertiary/aromatic N) is 1. The zero-order valence-electron chi connectivity index (χ0n) is 9.57. The number of aromatic nitrogens is 1. The molecular formula is C10H15BrN2O2S2. The zero-order valence-corrected chi connectivity index (χ0v) is 12.8. The quantitative estimate of drug-likeness (QED) is 0.866. The van der Waals surface area contributed by atoms with E-state index in [2.05, 4.69) is 32.6 Å². The van der Waals surface area contributed by atoms with Gasteiger partial charge in [-0.05, 0) is 40.6 Å². The molecule has 96 valence electrons. The van der Waals surface area contributed by atoms with Crippen LogP contribution in [0.3, 0.4) is 0 Å². The van der Waals surface area contributed by atoms with Gasteiger partial charge in [-0.2, -0.15) is 0 Å². The van der Waals surface area contributed by atoms with Crippen molar-refractivity contribution in [2.24, 2.45) is 5.41 Å². The van der Waals surface area contributed by atoms with E-state index in [1.165, 1.54) is 11.3 Å². The molecule has 0 spiro atoms. The number of nitrogens with one attached hydrogen (secondary N) is 1. The Morgan fingerprint density at radius 2 is 2.29 bits per heavy atom. The van der Waals surface area contributed by atoms with Crippen LogP contribution < -0.4 is 4.72 Å². The van der Waals surface area contributed by atoms with Gasteiger partial charge in [0.05, 0.1) is 15.0 Å². The van der Waals surface area contributed by atoms with Gasteiger partial charge in [0.2, 0.25) is 10.0 Å². The molecule has 1 N–H and O–H groups in total. The Kier molecular flexibility index (Phi) is 3.92. The molecule has 7 heteroatoms. The highest BCUT2D eigenvalue weighted by atomic mass is 79.9. The summed E-state index contributed by atoms with van der Waals surface area (Å²) in [6, 6.07) is 0. The lowest BCUT2D eigenvalue weighted by Crippen LogP contribution is -2.31. The Morgan fingerprint density at radius 1 is 1.59 bits per heavy atom. The molecule has 0 saturated heterocycles. The molecule has 0 atom stereocenters. The Morgan fingerprint density at radius 3 is 2.76 bits per heavy atom. The van der Waals surface area contributed by atoms with Gasteiger partial charge in [0.15, 0.2) is 0 Å². The maximum Gasteiger partial charge on any atom is 0.217 e. The van der Waals surface area contributed by atoms with E-state index >= 15 is 0 Å². The van der Waals surface area contributed by atoms with E-state index in [0.29, 0.717) is 12.2 Å². The second-order valence-corrected chi connectivity index (χ2v) is 8.49. The van der Waals surface area contributed by atoms with Crippen molar-refractivity contribution in [3.63, 3.8) is 0 Å². The number of sulfonamides is 1. The summed E-state index contributed by atoms with van der Waals surface area (Å²) in [5.74, 6) is -0.0448. The normalized spacial score (nSPS) is 18.2. The monoisotopic (exact) mass is 338 g/mol. The molecule has 0 aliphatic heterocycles. The summed E-state index contributed by atoms with van der Waals surface area (Å²) >= 11 is 4.70. The first-order chi connectivity index (χ1) is 7.96. The minimum atomic E-state index is -3.27. The van der Waals surface area contributed by atoms with Crippen LogP contribution >= 0.6 is 27.3 Å². The SMILES string of the molecule is CCC1(CNS(=O)(=O)Cc2ncsc2Br)CC1. The molecule has 1 fully saturated rings. The number of thiazole rings is 1. The van der Waals surface area contributed by atoms with Crippen molar-refractivity contribution >= 4 is 37.3 Å². The number of hydrogen-bond acceptors (Lipinski definition) is 4. The highest BCUT2D eigenvalue weighted by Gasteiger charge is 2.41. The third kappa shape index (κ3) is 3.49. The first-order valence-corrected chi connectivity index (χ1v) is 8.84. The highest BCUT2D eigenvalue weighted by molar-refractivity contribution is 9.11. The standard InChI is InChI=1S/C10H15BrN2O2S2/c1-2-10(3-4-10)6-13-17(14,15)5-8-9(11)16-7-12-8/h7,13H,2-6H2,1H3. The number of hydrogen-bond donors (Lipinski definition) is 1. The van der Waals surface area contributed by atoms with E-state index in [9.17, 15) is 8.42 Å². The van der Waals surface area contributed by atoms with Crippen LogP contribution in [-0.2, 0) is 15.8 Å². The lowest BCUT2D eigenvalue weighted by molar-refractivity contribution is 0.475. The van der Waals surface area contributed by atoms with Crippen LogP contribution in [0.1, 0.15) is 31.9 Å². The fourth-order valence-electron chi connectivity index (χ4n) is 1.68. The molecule has 0 aromatic carbocycles. The van der Waals surface area contributed by atoms with E-state index in [1.807, 2.05) is 0 Å². The number of halogens is 1. The third-order valence-electron chi connectivity index (χ3n) is 3.29. The van der Waals surface area contributed by atoms with Crippen LogP contribution in [0.25, 0.3) is 0 Å². The predicted octanol–water partition coefficient (Wildman–Crippen LogP) is 2.52. The van der Waals surface area contributed by atoms with E-state index in [0.717, 1.165) is 23.0 Å². The Labute approximate surface area is 114 Å². The van der Waals surface area contributed by atoms with Gasteiger partial charge in [0.1, 0.15) is 5.75 Å². The van der Waals surface area contributed by atoms with Crippen LogP contribution in [0, 0.1) is 5.41 Å². The molecule has 1 aromatic heterocycles. The summed E-state index contributed by atoms with van der Waals surface area (Å²) in [4.78, 5) is 4.03. The Balaban J connectivity index is 1.93. The predicted molar refractivity (Wildman–Crippen MR) is 72.4 cm³/mol. The summed E-state index contributed by atoms with van der Waals surface area (Å²) in [6.45, 7) is 2.67. The first-order valence-electron chi connectivity index (χ1n) is 5.52. The molecule has 0 bridgehead atoms.